The van der Waals surface area contributed by atoms with Crippen LogP contribution in [0.4, 0.5) is 13.2 Å². The van der Waals surface area contributed by atoms with Crippen LogP contribution >= 0.6 is 0 Å². The molecule has 2 aliphatic rings. The van der Waals surface area contributed by atoms with Gasteiger partial charge in [0.25, 0.3) is 0 Å². The van der Waals surface area contributed by atoms with Crippen LogP contribution in [0.15, 0.2) is 24.3 Å². The van der Waals surface area contributed by atoms with Gasteiger partial charge in [-0.1, -0.05) is 12.1 Å². The number of hydrogen-bond donors (Lipinski definition) is 2. The van der Waals surface area contributed by atoms with E-state index in [0.29, 0.717) is 19.3 Å². The minimum absolute atomic E-state index is 0.0488. The Hall–Kier alpha value is -1.61. The van der Waals surface area contributed by atoms with Crippen molar-refractivity contribution < 1.29 is 26.4 Å². The van der Waals surface area contributed by atoms with Gasteiger partial charge in [-0.15, -0.1) is 0 Å². The Bertz CT molecular complexity index is 756. The number of halogens is 3. The van der Waals surface area contributed by atoms with Gasteiger partial charge in [-0.3, -0.25) is 4.79 Å². The standard InChI is InChI=1S/C16H19F3N2O3S/c1-25(23,24)21-12-6-11(7-12)20-15(22)14-8-13(14)9-2-4-10(5-3-9)16(17,18)19/h2-5,11-14,21H,6-8H2,1H3,(H,20,22)/t11?,12?,13-,14+/m0/s1. The van der Waals surface area contributed by atoms with Crippen LogP contribution in [0.3, 0.4) is 0 Å². The lowest BCUT2D eigenvalue weighted by atomic mass is 9.87. The zero-order valence-corrected chi connectivity index (χ0v) is 14.3. The average Bonchev–Trinajstić information content (AvgIpc) is 3.23. The molecule has 9 heteroatoms. The van der Waals surface area contributed by atoms with Crippen molar-refractivity contribution in [1.29, 1.82) is 0 Å². The molecule has 1 aromatic rings. The van der Waals surface area contributed by atoms with Gasteiger partial charge in [-0.05, 0) is 42.9 Å². The van der Waals surface area contributed by atoms with Crippen LogP contribution in [0.2, 0.25) is 0 Å². The summed E-state index contributed by atoms with van der Waals surface area (Å²) in [7, 11) is -3.24. The molecule has 1 aromatic carbocycles. The lowest BCUT2D eigenvalue weighted by Gasteiger charge is -2.35. The molecule has 0 spiro atoms. The molecule has 0 heterocycles. The van der Waals surface area contributed by atoms with Gasteiger partial charge in [-0.25, -0.2) is 13.1 Å². The Kier molecular flexibility index (Phi) is 4.57. The van der Waals surface area contributed by atoms with Crippen molar-refractivity contribution in [2.45, 2.75) is 43.4 Å². The summed E-state index contributed by atoms with van der Waals surface area (Å²) in [6.45, 7) is 0. The van der Waals surface area contributed by atoms with E-state index in [9.17, 15) is 26.4 Å². The van der Waals surface area contributed by atoms with E-state index in [1.807, 2.05) is 0 Å². The van der Waals surface area contributed by atoms with E-state index in [4.69, 9.17) is 0 Å². The highest BCUT2D eigenvalue weighted by Gasteiger charge is 2.45. The molecule has 5 nitrogen and oxygen atoms in total. The number of rotatable bonds is 5. The predicted octanol–water partition coefficient (Wildman–Crippen LogP) is 2.01. The quantitative estimate of drug-likeness (QED) is 0.826. The van der Waals surface area contributed by atoms with Gasteiger partial charge < -0.3 is 5.32 Å². The fourth-order valence-electron chi connectivity index (χ4n) is 3.22. The smallest absolute Gasteiger partial charge is 0.353 e. The van der Waals surface area contributed by atoms with E-state index >= 15 is 0 Å². The summed E-state index contributed by atoms with van der Waals surface area (Å²) in [5.41, 5.74) is 0.0372. The second-order valence-electron chi connectivity index (χ2n) is 6.83. The van der Waals surface area contributed by atoms with Gasteiger partial charge in [0.05, 0.1) is 11.8 Å². The maximum absolute atomic E-state index is 12.6. The molecule has 2 N–H and O–H groups in total. The molecule has 0 unspecified atom stereocenters. The highest BCUT2D eigenvalue weighted by Crippen LogP contribution is 2.48. The summed E-state index contributed by atoms with van der Waals surface area (Å²) < 4.78 is 62.4. The first kappa shape index (κ1) is 18.2. The Balaban J connectivity index is 1.47. The maximum atomic E-state index is 12.6. The number of amides is 1. The number of hydrogen-bond acceptors (Lipinski definition) is 3. The normalized spacial score (nSPS) is 29.0. The second-order valence-corrected chi connectivity index (χ2v) is 8.61. The van der Waals surface area contributed by atoms with Crippen LogP contribution in [0.25, 0.3) is 0 Å². The van der Waals surface area contributed by atoms with E-state index in [1.165, 1.54) is 12.1 Å². The van der Waals surface area contributed by atoms with Crippen LogP contribution < -0.4 is 10.0 Å². The molecule has 0 bridgehead atoms. The molecular formula is C16H19F3N2O3S. The molecule has 0 saturated heterocycles. The molecule has 0 aliphatic heterocycles. The number of carbonyl (C=O) groups excluding carboxylic acids is 1. The molecule has 0 aromatic heterocycles. The van der Waals surface area contributed by atoms with Crippen molar-refractivity contribution in [2.75, 3.05) is 6.26 Å². The van der Waals surface area contributed by atoms with Crippen LogP contribution in [-0.4, -0.2) is 32.7 Å². The number of nitrogens with one attached hydrogen (secondary N) is 2. The molecule has 2 fully saturated rings. The third-order valence-electron chi connectivity index (χ3n) is 4.66. The van der Waals surface area contributed by atoms with Gasteiger partial charge in [0.1, 0.15) is 0 Å². The lowest BCUT2D eigenvalue weighted by Crippen LogP contribution is -2.53. The fourth-order valence-corrected chi connectivity index (χ4v) is 4.01. The second kappa shape index (κ2) is 6.28. The molecule has 3 rings (SSSR count). The van der Waals surface area contributed by atoms with Gasteiger partial charge in [0.15, 0.2) is 0 Å². The Morgan fingerprint density at radius 1 is 1.08 bits per heavy atom. The van der Waals surface area contributed by atoms with Crippen LogP contribution in [-0.2, 0) is 21.0 Å². The Morgan fingerprint density at radius 3 is 2.20 bits per heavy atom. The number of sulfonamides is 1. The Labute approximate surface area is 144 Å². The molecule has 2 saturated carbocycles. The SMILES string of the molecule is CS(=O)(=O)NC1CC(NC(=O)[C@@H]2C[C@H]2c2ccc(C(F)(F)F)cc2)C1. The van der Waals surface area contributed by atoms with Crippen molar-refractivity contribution in [3.05, 3.63) is 35.4 Å². The molecule has 2 atom stereocenters. The summed E-state index contributed by atoms with van der Waals surface area (Å²) in [4.78, 5) is 12.2. The summed E-state index contributed by atoms with van der Waals surface area (Å²) in [6.07, 6.45) is -1.54. The van der Waals surface area contributed by atoms with Gasteiger partial charge in [-0.2, -0.15) is 13.2 Å². The monoisotopic (exact) mass is 376 g/mol. The number of benzene rings is 1. The lowest BCUT2D eigenvalue weighted by molar-refractivity contribution is -0.137. The van der Waals surface area contributed by atoms with Crippen LogP contribution in [0.1, 0.15) is 36.3 Å². The first-order chi connectivity index (χ1) is 11.5. The number of alkyl halides is 3. The van der Waals surface area contributed by atoms with Crippen molar-refractivity contribution in [1.82, 2.24) is 10.0 Å². The molecule has 25 heavy (non-hydrogen) atoms. The zero-order valence-electron chi connectivity index (χ0n) is 13.5. The third kappa shape index (κ3) is 4.52. The van der Waals surface area contributed by atoms with Crippen LogP contribution in [0, 0.1) is 5.92 Å². The summed E-state index contributed by atoms with van der Waals surface area (Å²) in [5.74, 6) is -0.390. The molecule has 1 amide bonds. The molecule has 138 valence electrons. The van der Waals surface area contributed by atoms with Gasteiger partial charge in [0.2, 0.25) is 15.9 Å². The van der Waals surface area contributed by atoms with Crippen molar-refractivity contribution in [3.63, 3.8) is 0 Å². The predicted molar refractivity (Wildman–Crippen MR) is 85.2 cm³/mol. The van der Waals surface area contributed by atoms with Gasteiger partial charge >= 0.3 is 6.18 Å². The maximum Gasteiger partial charge on any atom is 0.416 e. The molecular weight excluding hydrogens is 357 g/mol. The highest BCUT2D eigenvalue weighted by atomic mass is 32.2. The molecule has 0 radical (unpaired) electrons. The third-order valence-corrected chi connectivity index (χ3v) is 5.42. The van der Waals surface area contributed by atoms with E-state index in [-0.39, 0.29) is 29.8 Å². The van der Waals surface area contributed by atoms with E-state index < -0.39 is 21.8 Å². The summed E-state index contributed by atoms with van der Waals surface area (Å²) in [5, 5.41) is 2.88. The van der Waals surface area contributed by atoms with Crippen LogP contribution in [0.5, 0.6) is 0 Å². The summed E-state index contributed by atoms with van der Waals surface area (Å²) in [6, 6.07) is 4.73. The van der Waals surface area contributed by atoms with Crippen molar-refractivity contribution in [2.24, 2.45) is 5.92 Å². The summed E-state index contributed by atoms with van der Waals surface area (Å²) >= 11 is 0. The van der Waals surface area contributed by atoms with Crippen molar-refractivity contribution in [3.8, 4) is 0 Å². The minimum atomic E-state index is -4.36. The van der Waals surface area contributed by atoms with E-state index in [1.54, 1.807) is 0 Å². The Morgan fingerprint density at radius 2 is 1.68 bits per heavy atom. The minimum Gasteiger partial charge on any atom is -0.353 e. The fraction of sp³-hybridized carbons (Fsp3) is 0.562. The zero-order chi connectivity index (χ0) is 18.4. The molecule has 2 aliphatic carbocycles. The number of carbonyl (C=O) groups is 1. The topological polar surface area (TPSA) is 75.3 Å². The first-order valence-electron chi connectivity index (χ1n) is 7.98. The van der Waals surface area contributed by atoms with Crippen molar-refractivity contribution >= 4 is 15.9 Å². The first-order valence-corrected chi connectivity index (χ1v) is 9.87. The van der Waals surface area contributed by atoms with Gasteiger partial charge in [0, 0.05) is 18.0 Å². The van der Waals surface area contributed by atoms with E-state index in [2.05, 4.69) is 10.0 Å². The highest BCUT2D eigenvalue weighted by molar-refractivity contribution is 7.88. The average molecular weight is 376 g/mol. The van der Waals surface area contributed by atoms with E-state index in [0.717, 1.165) is 24.0 Å². The largest absolute Gasteiger partial charge is 0.416 e.